The molecule has 1 amide bonds. The van der Waals surface area contributed by atoms with Crippen molar-refractivity contribution in [3.63, 3.8) is 0 Å². The molecule has 136 valence electrons. The zero-order valence-electron chi connectivity index (χ0n) is 15.3. The van der Waals surface area contributed by atoms with Gasteiger partial charge < -0.3 is 10.5 Å². The summed E-state index contributed by atoms with van der Waals surface area (Å²) in [5.74, 6) is -0.0743. The molecule has 1 aromatic carbocycles. The summed E-state index contributed by atoms with van der Waals surface area (Å²) in [6, 6.07) is 5.77. The van der Waals surface area contributed by atoms with Crippen molar-refractivity contribution in [2.75, 3.05) is 13.7 Å². The number of nitrogens with two attached hydrogens (primary N) is 1. The van der Waals surface area contributed by atoms with Gasteiger partial charge in [0.15, 0.2) is 6.61 Å². The van der Waals surface area contributed by atoms with Crippen LogP contribution in [0.15, 0.2) is 18.2 Å². The van der Waals surface area contributed by atoms with Crippen LogP contribution in [0.3, 0.4) is 0 Å². The molecule has 0 unspecified atom stereocenters. The lowest BCUT2D eigenvalue weighted by Crippen LogP contribution is -2.23. The highest BCUT2D eigenvalue weighted by Gasteiger charge is 2.20. The van der Waals surface area contributed by atoms with Crippen LogP contribution in [0.25, 0.3) is 0 Å². The first-order chi connectivity index (χ1) is 11.7. The van der Waals surface area contributed by atoms with Crippen LogP contribution in [-0.4, -0.2) is 34.2 Å². The van der Waals surface area contributed by atoms with Gasteiger partial charge >= 0.3 is 0 Å². The first-order valence-electron chi connectivity index (χ1n) is 8.10. The van der Waals surface area contributed by atoms with E-state index >= 15 is 0 Å². The van der Waals surface area contributed by atoms with Crippen molar-refractivity contribution in [2.45, 2.75) is 33.4 Å². The number of rotatable bonds is 7. The van der Waals surface area contributed by atoms with Gasteiger partial charge in [-0.1, -0.05) is 17.7 Å². The Hall–Kier alpha value is -2.05. The van der Waals surface area contributed by atoms with Crippen molar-refractivity contribution in [2.24, 2.45) is 12.8 Å². The second-order valence-corrected chi connectivity index (χ2v) is 6.73. The Kier molecular flexibility index (Phi) is 6.08. The molecule has 1 heterocycles. The van der Waals surface area contributed by atoms with Crippen LogP contribution in [-0.2, 0) is 18.4 Å². The first kappa shape index (κ1) is 19.3. The number of carbonyl (C=O) groups is 1. The number of aromatic nitrogens is 2. The van der Waals surface area contributed by atoms with Gasteiger partial charge in [-0.3, -0.25) is 14.4 Å². The fourth-order valence-electron chi connectivity index (χ4n) is 2.95. The molecule has 7 heteroatoms. The van der Waals surface area contributed by atoms with E-state index in [0.717, 1.165) is 17.8 Å². The van der Waals surface area contributed by atoms with Gasteiger partial charge in [-0.15, -0.1) is 0 Å². The highest BCUT2D eigenvalue weighted by molar-refractivity contribution is 6.32. The zero-order valence-corrected chi connectivity index (χ0v) is 16.1. The lowest BCUT2D eigenvalue weighted by atomic mass is 10.0. The van der Waals surface area contributed by atoms with E-state index in [1.54, 1.807) is 6.07 Å². The number of halogens is 1. The van der Waals surface area contributed by atoms with E-state index in [1.165, 1.54) is 11.3 Å². The third-order valence-electron chi connectivity index (χ3n) is 4.44. The van der Waals surface area contributed by atoms with Gasteiger partial charge in [0, 0.05) is 30.9 Å². The quantitative estimate of drug-likeness (QED) is 0.819. The van der Waals surface area contributed by atoms with Gasteiger partial charge in [-0.25, -0.2) is 0 Å². The minimum atomic E-state index is -0.532. The molecular formula is C18H25ClN4O2. The molecule has 0 spiro atoms. The largest absolute Gasteiger partial charge is 0.482 e. The summed E-state index contributed by atoms with van der Waals surface area (Å²) in [6.45, 7) is 6.83. The first-order valence-corrected chi connectivity index (χ1v) is 8.48. The maximum atomic E-state index is 10.8. The van der Waals surface area contributed by atoms with Crippen molar-refractivity contribution in [3.05, 3.63) is 45.7 Å². The van der Waals surface area contributed by atoms with E-state index in [-0.39, 0.29) is 12.6 Å². The average Bonchev–Trinajstić information content (AvgIpc) is 2.78. The minimum absolute atomic E-state index is 0.185. The molecule has 2 N–H and O–H groups in total. The van der Waals surface area contributed by atoms with E-state index < -0.39 is 5.91 Å². The maximum absolute atomic E-state index is 10.8. The Morgan fingerprint density at radius 2 is 2.12 bits per heavy atom. The Morgan fingerprint density at radius 3 is 2.64 bits per heavy atom. The van der Waals surface area contributed by atoms with E-state index in [1.807, 2.05) is 30.8 Å². The fraction of sp³-hybridized carbons (Fsp3) is 0.444. The molecule has 2 rings (SSSR count). The Balaban J connectivity index is 2.10. The van der Waals surface area contributed by atoms with Gasteiger partial charge in [-0.05, 0) is 45.5 Å². The Labute approximate surface area is 153 Å². The summed E-state index contributed by atoms with van der Waals surface area (Å²) >= 11 is 6.24. The highest BCUT2D eigenvalue weighted by atomic mass is 35.5. The number of benzene rings is 1. The summed E-state index contributed by atoms with van der Waals surface area (Å²) in [5.41, 5.74) is 9.61. The molecule has 1 atom stereocenters. The Bertz CT molecular complexity index is 773. The summed E-state index contributed by atoms with van der Waals surface area (Å²) in [7, 11) is 4.03. The van der Waals surface area contributed by atoms with Crippen molar-refractivity contribution in [3.8, 4) is 5.75 Å². The molecule has 0 fully saturated rings. The highest BCUT2D eigenvalue weighted by Crippen LogP contribution is 2.29. The monoisotopic (exact) mass is 364 g/mol. The van der Waals surface area contributed by atoms with Crippen LogP contribution in [0.4, 0.5) is 0 Å². The number of primary amides is 1. The molecule has 0 aliphatic rings. The summed E-state index contributed by atoms with van der Waals surface area (Å²) in [5, 5.41) is 4.96. The van der Waals surface area contributed by atoms with Crippen LogP contribution in [0.5, 0.6) is 5.75 Å². The zero-order chi connectivity index (χ0) is 18.7. The molecule has 0 saturated heterocycles. The molecule has 2 aromatic rings. The average molecular weight is 365 g/mol. The van der Waals surface area contributed by atoms with Gasteiger partial charge in [0.25, 0.3) is 5.91 Å². The summed E-state index contributed by atoms with van der Waals surface area (Å²) < 4.78 is 7.19. The molecule has 0 aliphatic carbocycles. The van der Waals surface area contributed by atoms with Gasteiger partial charge in [-0.2, -0.15) is 5.10 Å². The molecule has 6 nitrogen and oxygen atoms in total. The SMILES string of the molecule is Cc1nn(C)c(C)c1[C@@H](C)N(C)Cc1ccc(OCC(N)=O)c(Cl)c1. The summed E-state index contributed by atoms with van der Waals surface area (Å²) in [4.78, 5) is 13.0. The normalized spacial score (nSPS) is 12.4. The van der Waals surface area contributed by atoms with Crippen LogP contribution >= 0.6 is 11.6 Å². The van der Waals surface area contributed by atoms with Gasteiger partial charge in [0.1, 0.15) is 5.75 Å². The van der Waals surface area contributed by atoms with Crippen molar-refractivity contribution in [1.29, 1.82) is 0 Å². The number of hydrogen-bond acceptors (Lipinski definition) is 4. The van der Waals surface area contributed by atoms with Crippen LogP contribution < -0.4 is 10.5 Å². The van der Waals surface area contributed by atoms with Crippen LogP contribution in [0, 0.1) is 13.8 Å². The number of amides is 1. The van der Waals surface area contributed by atoms with Crippen LogP contribution in [0.2, 0.25) is 5.02 Å². The molecule has 0 radical (unpaired) electrons. The molecule has 0 saturated carbocycles. The summed E-state index contributed by atoms with van der Waals surface area (Å²) in [6.07, 6.45) is 0. The predicted molar refractivity (Wildman–Crippen MR) is 98.7 cm³/mol. The molecule has 0 aliphatic heterocycles. The van der Waals surface area contributed by atoms with Crippen molar-refractivity contribution in [1.82, 2.24) is 14.7 Å². The predicted octanol–water partition coefficient (Wildman–Crippen LogP) is 2.75. The number of carbonyl (C=O) groups excluding carboxylic acids is 1. The molecule has 1 aromatic heterocycles. The molecule has 0 bridgehead atoms. The second-order valence-electron chi connectivity index (χ2n) is 6.32. The topological polar surface area (TPSA) is 73.4 Å². The number of ether oxygens (including phenoxy) is 1. The fourth-order valence-corrected chi connectivity index (χ4v) is 3.21. The third-order valence-corrected chi connectivity index (χ3v) is 4.74. The maximum Gasteiger partial charge on any atom is 0.255 e. The molecular weight excluding hydrogens is 340 g/mol. The molecule has 25 heavy (non-hydrogen) atoms. The van der Waals surface area contributed by atoms with E-state index in [4.69, 9.17) is 22.1 Å². The number of nitrogens with zero attached hydrogens (tertiary/aromatic N) is 3. The standard InChI is InChI=1S/C18H25ClN4O2/c1-11-18(13(3)23(5)21-11)12(2)22(4)9-14-6-7-16(15(19)8-14)25-10-17(20)24/h6-8,12H,9-10H2,1-5H3,(H2,20,24)/t12-/m1/s1. The van der Waals surface area contributed by atoms with E-state index in [0.29, 0.717) is 10.8 Å². The third kappa shape index (κ3) is 4.52. The number of hydrogen-bond donors (Lipinski definition) is 1. The van der Waals surface area contributed by atoms with E-state index in [9.17, 15) is 4.79 Å². The second kappa shape index (κ2) is 7.89. The van der Waals surface area contributed by atoms with Crippen LogP contribution in [0.1, 0.15) is 35.5 Å². The smallest absolute Gasteiger partial charge is 0.255 e. The van der Waals surface area contributed by atoms with Gasteiger partial charge in [0.05, 0.1) is 10.7 Å². The lowest BCUT2D eigenvalue weighted by molar-refractivity contribution is -0.119. The Morgan fingerprint density at radius 1 is 1.44 bits per heavy atom. The van der Waals surface area contributed by atoms with Crippen molar-refractivity contribution < 1.29 is 9.53 Å². The van der Waals surface area contributed by atoms with Gasteiger partial charge in [0.2, 0.25) is 0 Å². The number of aryl methyl sites for hydroxylation is 2. The minimum Gasteiger partial charge on any atom is -0.482 e. The van der Waals surface area contributed by atoms with Crippen molar-refractivity contribution >= 4 is 17.5 Å². The lowest BCUT2D eigenvalue weighted by Gasteiger charge is -2.25. The van der Waals surface area contributed by atoms with E-state index in [2.05, 4.69) is 30.9 Å².